The van der Waals surface area contributed by atoms with Crippen LogP contribution < -0.4 is 9.64 Å². The number of fused-ring (bicyclic) bond motifs is 2. The Labute approximate surface area is 182 Å². The molecule has 0 spiro atoms. The Kier molecular flexibility index (Phi) is 5.52. The van der Waals surface area contributed by atoms with E-state index in [2.05, 4.69) is 50.3 Å². The lowest BCUT2D eigenvalue weighted by Crippen LogP contribution is -2.45. The normalized spacial score (nSPS) is 19.6. The highest BCUT2D eigenvalue weighted by Crippen LogP contribution is 2.34. The van der Waals surface area contributed by atoms with Crippen molar-refractivity contribution in [1.82, 2.24) is 24.2 Å². The largest absolute Gasteiger partial charge is 0.492 e. The summed E-state index contributed by atoms with van der Waals surface area (Å²) in [6.45, 7) is 5.28. The van der Waals surface area contributed by atoms with Crippen molar-refractivity contribution in [3.05, 3.63) is 53.6 Å². The Morgan fingerprint density at radius 1 is 1.16 bits per heavy atom. The summed E-state index contributed by atoms with van der Waals surface area (Å²) >= 11 is 0. The van der Waals surface area contributed by atoms with Gasteiger partial charge in [0.25, 0.3) is 0 Å². The molecule has 1 fully saturated rings. The summed E-state index contributed by atoms with van der Waals surface area (Å²) in [6, 6.07) is 10.3. The topological polar surface area (TPSA) is 69.4 Å². The Bertz CT molecular complexity index is 1060. The van der Waals surface area contributed by atoms with Crippen molar-refractivity contribution in [2.45, 2.75) is 25.6 Å². The maximum absolute atomic E-state index is 10.3. The van der Waals surface area contributed by atoms with Crippen molar-refractivity contribution < 1.29 is 9.84 Å². The summed E-state index contributed by atoms with van der Waals surface area (Å²) in [5.74, 6) is 1.97. The minimum Gasteiger partial charge on any atom is -0.492 e. The van der Waals surface area contributed by atoms with Gasteiger partial charge in [0.05, 0.1) is 36.3 Å². The third-order valence-corrected chi connectivity index (χ3v) is 6.47. The monoisotopic (exact) mass is 422 g/mol. The van der Waals surface area contributed by atoms with E-state index in [1.807, 2.05) is 24.4 Å². The first-order valence-corrected chi connectivity index (χ1v) is 11.0. The molecule has 2 aliphatic rings. The van der Waals surface area contributed by atoms with E-state index in [4.69, 9.17) is 9.72 Å². The number of ether oxygens (including phenoxy) is 1. The Hall–Kier alpha value is -2.68. The van der Waals surface area contributed by atoms with Crippen LogP contribution in [0.3, 0.4) is 0 Å². The number of nitrogens with zero attached hydrogens (tertiary/aromatic N) is 6. The number of aliphatic hydroxyl groups excluding tert-OH is 1. The molecule has 8 heteroatoms. The maximum Gasteiger partial charge on any atom is 0.142 e. The van der Waals surface area contributed by atoms with Gasteiger partial charge in [0.1, 0.15) is 17.2 Å². The lowest BCUT2D eigenvalue weighted by atomic mass is 10.0. The third-order valence-electron chi connectivity index (χ3n) is 6.47. The van der Waals surface area contributed by atoms with Gasteiger partial charge in [0.2, 0.25) is 0 Å². The molecule has 1 saturated heterocycles. The number of piperazine rings is 1. The van der Waals surface area contributed by atoms with E-state index in [-0.39, 0.29) is 12.6 Å². The van der Waals surface area contributed by atoms with Crippen molar-refractivity contribution >= 4 is 11.5 Å². The molecule has 31 heavy (non-hydrogen) atoms. The van der Waals surface area contributed by atoms with Gasteiger partial charge in [-0.1, -0.05) is 6.07 Å². The molecule has 1 N–H and O–H groups in total. The van der Waals surface area contributed by atoms with Gasteiger partial charge in [0.15, 0.2) is 0 Å². The maximum atomic E-state index is 10.3. The van der Waals surface area contributed by atoms with E-state index in [9.17, 15) is 5.11 Å². The van der Waals surface area contributed by atoms with Crippen LogP contribution in [-0.4, -0.2) is 76.2 Å². The first-order valence-electron chi connectivity index (χ1n) is 11.0. The van der Waals surface area contributed by atoms with Crippen molar-refractivity contribution in [2.24, 2.45) is 0 Å². The van der Waals surface area contributed by atoms with Crippen LogP contribution in [0.4, 0.5) is 5.82 Å². The molecule has 5 rings (SSSR count). The number of imidazole rings is 1. The third kappa shape index (κ3) is 3.75. The van der Waals surface area contributed by atoms with Gasteiger partial charge in [-0.05, 0) is 38.4 Å². The molecular weight excluding hydrogens is 392 g/mol. The van der Waals surface area contributed by atoms with Crippen LogP contribution in [-0.2, 0) is 13.2 Å². The second-order valence-corrected chi connectivity index (χ2v) is 8.49. The molecule has 3 aromatic heterocycles. The smallest absolute Gasteiger partial charge is 0.142 e. The van der Waals surface area contributed by atoms with Gasteiger partial charge in [-0.2, -0.15) is 0 Å². The molecule has 0 radical (unpaired) electrons. The summed E-state index contributed by atoms with van der Waals surface area (Å²) in [5.41, 5.74) is 3.64. The van der Waals surface area contributed by atoms with Crippen molar-refractivity contribution in [3.63, 3.8) is 0 Å². The van der Waals surface area contributed by atoms with Crippen molar-refractivity contribution in [2.75, 3.05) is 51.8 Å². The molecule has 1 unspecified atom stereocenters. The van der Waals surface area contributed by atoms with Crippen LogP contribution in [0.15, 0.2) is 36.5 Å². The van der Waals surface area contributed by atoms with Gasteiger partial charge in [-0.15, -0.1) is 0 Å². The number of likely N-dealkylation sites (N-methyl/N-ethyl adjacent to an activating group) is 1. The van der Waals surface area contributed by atoms with Gasteiger partial charge in [-0.3, -0.25) is 14.3 Å². The Balaban J connectivity index is 1.46. The molecule has 0 saturated carbocycles. The second kappa shape index (κ2) is 8.45. The summed E-state index contributed by atoms with van der Waals surface area (Å²) in [5, 5.41) is 10.3. The fourth-order valence-corrected chi connectivity index (χ4v) is 4.72. The summed E-state index contributed by atoms with van der Waals surface area (Å²) in [6.07, 6.45) is 2.70. The number of rotatable bonds is 5. The highest BCUT2D eigenvalue weighted by molar-refractivity contribution is 5.55. The van der Waals surface area contributed by atoms with Crippen LogP contribution in [0, 0.1) is 0 Å². The predicted octanol–water partition coefficient (Wildman–Crippen LogP) is 1.93. The Morgan fingerprint density at radius 2 is 2.00 bits per heavy atom. The number of pyridine rings is 2. The lowest BCUT2D eigenvalue weighted by molar-refractivity contribution is 0.154. The number of aliphatic hydroxyl groups is 1. The Morgan fingerprint density at radius 3 is 2.81 bits per heavy atom. The van der Waals surface area contributed by atoms with E-state index in [0.29, 0.717) is 13.2 Å². The van der Waals surface area contributed by atoms with Crippen LogP contribution in [0.25, 0.3) is 5.65 Å². The van der Waals surface area contributed by atoms with Crippen LogP contribution in [0.2, 0.25) is 0 Å². The fourth-order valence-electron chi connectivity index (χ4n) is 4.72. The van der Waals surface area contributed by atoms with E-state index in [0.717, 1.165) is 66.9 Å². The molecule has 8 nitrogen and oxygen atoms in total. The zero-order valence-corrected chi connectivity index (χ0v) is 18.2. The fraction of sp³-hybridized carbons (Fsp3) is 0.478. The summed E-state index contributed by atoms with van der Waals surface area (Å²) in [7, 11) is 4.26. The first-order chi connectivity index (χ1) is 15.2. The van der Waals surface area contributed by atoms with E-state index in [1.54, 1.807) is 0 Å². The van der Waals surface area contributed by atoms with Gasteiger partial charge in [-0.25, -0.2) is 4.98 Å². The predicted molar refractivity (Wildman–Crippen MR) is 119 cm³/mol. The standard InChI is InChI=1S/C23H30N6O2/c1-26-10-12-28(13-11-26)22-7-3-6-21-25-17(19(16-30)29(21)22)15-27(2)18-8-14-31-20-5-4-9-24-23(18)20/h3-7,9,18,30H,8,10-16H2,1-2H3. The molecule has 1 atom stereocenters. The highest BCUT2D eigenvalue weighted by Gasteiger charge is 2.28. The van der Waals surface area contributed by atoms with E-state index < -0.39 is 0 Å². The second-order valence-electron chi connectivity index (χ2n) is 8.49. The molecule has 0 bridgehead atoms. The van der Waals surface area contributed by atoms with Gasteiger partial charge < -0.3 is 19.6 Å². The van der Waals surface area contributed by atoms with Crippen LogP contribution in [0.5, 0.6) is 5.75 Å². The summed E-state index contributed by atoms with van der Waals surface area (Å²) in [4.78, 5) is 16.5. The van der Waals surface area contributed by atoms with E-state index in [1.165, 1.54) is 0 Å². The quantitative estimate of drug-likeness (QED) is 0.674. The number of hydrogen-bond acceptors (Lipinski definition) is 7. The molecule has 3 aromatic rings. The van der Waals surface area contributed by atoms with Crippen LogP contribution in [0.1, 0.15) is 29.5 Å². The van der Waals surface area contributed by atoms with Crippen molar-refractivity contribution in [1.29, 1.82) is 0 Å². The van der Waals surface area contributed by atoms with Crippen molar-refractivity contribution in [3.8, 4) is 5.75 Å². The minimum absolute atomic E-state index is 0.0439. The molecular formula is C23H30N6O2. The zero-order chi connectivity index (χ0) is 21.4. The molecule has 0 aliphatic carbocycles. The first kappa shape index (κ1) is 20.2. The van der Waals surface area contributed by atoms with Gasteiger partial charge >= 0.3 is 0 Å². The number of hydrogen-bond donors (Lipinski definition) is 1. The molecule has 5 heterocycles. The molecule has 2 aliphatic heterocycles. The molecule has 0 amide bonds. The number of aromatic nitrogens is 3. The minimum atomic E-state index is -0.0439. The number of anilines is 1. The molecule has 0 aromatic carbocycles. The molecule has 164 valence electrons. The van der Waals surface area contributed by atoms with Crippen LogP contribution >= 0.6 is 0 Å². The average Bonchev–Trinajstić information content (AvgIpc) is 3.16. The zero-order valence-electron chi connectivity index (χ0n) is 18.2. The highest BCUT2D eigenvalue weighted by atomic mass is 16.5. The lowest BCUT2D eigenvalue weighted by Gasteiger charge is -2.34. The summed E-state index contributed by atoms with van der Waals surface area (Å²) < 4.78 is 7.91. The SMILES string of the molecule is CN1CCN(c2cccc3nc(CN(C)C4CCOc5cccnc54)c(CO)n23)CC1. The van der Waals surface area contributed by atoms with E-state index >= 15 is 0 Å². The van der Waals surface area contributed by atoms with Gasteiger partial charge in [0, 0.05) is 45.3 Å². The average molecular weight is 423 g/mol.